The van der Waals surface area contributed by atoms with E-state index < -0.39 is 5.60 Å². The SMILES string of the molecule is Cc1ccc(CC2CC3(C2)CN(C(=O)C2CC(C)(O)C2)C3)nc1OC(C)C. The van der Waals surface area contributed by atoms with E-state index in [1.165, 1.54) is 12.8 Å². The van der Waals surface area contributed by atoms with Crippen molar-refractivity contribution in [2.75, 3.05) is 13.1 Å². The molecule has 0 radical (unpaired) electrons. The maximum absolute atomic E-state index is 12.4. The van der Waals surface area contributed by atoms with Crippen LogP contribution in [0.5, 0.6) is 5.88 Å². The Balaban J connectivity index is 1.25. The van der Waals surface area contributed by atoms with Gasteiger partial charge in [0.15, 0.2) is 0 Å². The van der Waals surface area contributed by atoms with Gasteiger partial charge in [0, 0.05) is 35.7 Å². The molecule has 1 amide bonds. The lowest BCUT2D eigenvalue weighted by Crippen LogP contribution is -2.66. The molecule has 1 aromatic heterocycles. The predicted molar refractivity (Wildman–Crippen MR) is 104 cm³/mol. The number of aliphatic hydroxyl groups is 1. The number of rotatable bonds is 5. The number of ether oxygens (including phenoxy) is 1. The van der Waals surface area contributed by atoms with Gasteiger partial charge in [0.25, 0.3) is 0 Å². The average Bonchev–Trinajstić information content (AvgIpc) is 2.47. The van der Waals surface area contributed by atoms with Crippen LogP contribution in [0.25, 0.3) is 0 Å². The van der Waals surface area contributed by atoms with Crippen LogP contribution >= 0.6 is 0 Å². The van der Waals surface area contributed by atoms with E-state index in [-0.39, 0.29) is 17.9 Å². The van der Waals surface area contributed by atoms with Gasteiger partial charge in [-0.1, -0.05) is 6.07 Å². The van der Waals surface area contributed by atoms with Crippen LogP contribution in [0.3, 0.4) is 0 Å². The highest BCUT2D eigenvalue weighted by atomic mass is 16.5. The Labute approximate surface area is 162 Å². The van der Waals surface area contributed by atoms with Crippen molar-refractivity contribution in [1.29, 1.82) is 0 Å². The van der Waals surface area contributed by atoms with E-state index in [9.17, 15) is 9.90 Å². The average molecular weight is 373 g/mol. The van der Waals surface area contributed by atoms with Gasteiger partial charge >= 0.3 is 0 Å². The minimum atomic E-state index is -0.621. The predicted octanol–water partition coefficient (Wildman–Crippen LogP) is 3.12. The molecule has 1 aliphatic heterocycles. The van der Waals surface area contributed by atoms with Crippen LogP contribution in [0.4, 0.5) is 0 Å². The Bertz CT molecular complexity index is 721. The lowest BCUT2D eigenvalue weighted by atomic mass is 9.56. The second-order valence-corrected chi connectivity index (χ2v) is 9.87. The molecule has 0 unspecified atom stereocenters. The Morgan fingerprint density at radius 1 is 1.30 bits per heavy atom. The van der Waals surface area contributed by atoms with E-state index in [4.69, 9.17) is 9.72 Å². The maximum atomic E-state index is 12.4. The van der Waals surface area contributed by atoms with Crippen molar-refractivity contribution in [3.05, 3.63) is 23.4 Å². The first-order valence-electron chi connectivity index (χ1n) is 10.3. The van der Waals surface area contributed by atoms with Crippen LogP contribution in [-0.2, 0) is 11.2 Å². The van der Waals surface area contributed by atoms with Gasteiger partial charge in [0.1, 0.15) is 0 Å². The molecule has 1 saturated heterocycles. The van der Waals surface area contributed by atoms with Crippen molar-refractivity contribution in [2.45, 2.75) is 71.5 Å². The van der Waals surface area contributed by atoms with Gasteiger partial charge in [0.2, 0.25) is 11.8 Å². The molecule has 3 aliphatic rings. The fourth-order valence-electron chi connectivity index (χ4n) is 5.22. The maximum Gasteiger partial charge on any atom is 0.225 e. The quantitative estimate of drug-likeness (QED) is 0.863. The molecule has 2 saturated carbocycles. The van der Waals surface area contributed by atoms with E-state index in [1.54, 1.807) is 0 Å². The van der Waals surface area contributed by atoms with Crippen molar-refractivity contribution in [3.63, 3.8) is 0 Å². The molecule has 27 heavy (non-hydrogen) atoms. The highest BCUT2D eigenvalue weighted by molar-refractivity contribution is 5.81. The van der Waals surface area contributed by atoms with Gasteiger partial charge in [-0.15, -0.1) is 0 Å². The van der Waals surface area contributed by atoms with Crippen molar-refractivity contribution < 1.29 is 14.6 Å². The summed E-state index contributed by atoms with van der Waals surface area (Å²) in [6.45, 7) is 9.72. The summed E-state index contributed by atoms with van der Waals surface area (Å²) < 4.78 is 5.81. The molecular weight excluding hydrogens is 340 g/mol. The van der Waals surface area contributed by atoms with Crippen LogP contribution in [0.1, 0.15) is 57.7 Å². The molecule has 3 fully saturated rings. The molecule has 0 bridgehead atoms. The first kappa shape index (κ1) is 18.7. The zero-order valence-corrected chi connectivity index (χ0v) is 17.0. The second kappa shape index (κ2) is 6.47. The number of carbonyl (C=O) groups excluding carboxylic acids is 1. The highest BCUT2D eigenvalue weighted by Gasteiger charge is 2.55. The highest BCUT2D eigenvalue weighted by Crippen LogP contribution is 2.53. The number of nitrogens with zero attached hydrogens (tertiary/aromatic N) is 2. The standard InChI is InChI=1S/C22H32N2O3/c1-14(2)27-19-15(3)5-6-18(23-19)7-16-8-22(9-16)12-24(13-22)20(25)17-10-21(4,26)11-17/h5-6,14,16-17,26H,7-13H2,1-4H3. The van der Waals surface area contributed by atoms with Crippen LogP contribution in [0, 0.1) is 24.2 Å². The fraction of sp³-hybridized carbons (Fsp3) is 0.727. The summed E-state index contributed by atoms with van der Waals surface area (Å²) in [5, 5.41) is 9.84. The van der Waals surface area contributed by atoms with Crippen molar-refractivity contribution in [2.24, 2.45) is 17.3 Å². The third kappa shape index (κ3) is 3.71. The van der Waals surface area contributed by atoms with Gasteiger partial charge in [-0.25, -0.2) is 4.98 Å². The van der Waals surface area contributed by atoms with Crippen LogP contribution in [0.15, 0.2) is 12.1 Å². The molecule has 2 heterocycles. The first-order chi connectivity index (χ1) is 12.6. The molecule has 0 aromatic carbocycles. The Hall–Kier alpha value is -1.62. The molecule has 4 rings (SSSR count). The smallest absolute Gasteiger partial charge is 0.225 e. The van der Waals surface area contributed by atoms with Gasteiger partial charge in [-0.05, 0) is 71.8 Å². The van der Waals surface area contributed by atoms with Crippen LogP contribution < -0.4 is 4.74 Å². The van der Waals surface area contributed by atoms with Gasteiger partial charge < -0.3 is 14.7 Å². The number of aryl methyl sites for hydroxylation is 1. The third-order valence-corrected chi connectivity index (χ3v) is 6.48. The van der Waals surface area contributed by atoms with Crippen LogP contribution in [-0.4, -0.2) is 45.7 Å². The number of hydrogen-bond donors (Lipinski definition) is 1. The summed E-state index contributed by atoms with van der Waals surface area (Å²) in [6.07, 6.45) is 4.76. The molecule has 1 N–H and O–H groups in total. The molecule has 0 atom stereocenters. The molecular formula is C22H32N2O3. The summed E-state index contributed by atoms with van der Waals surface area (Å²) in [6, 6.07) is 4.22. The van der Waals surface area contributed by atoms with Crippen LogP contribution in [0.2, 0.25) is 0 Å². The van der Waals surface area contributed by atoms with E-state index in [1.807, 2.05) is 32.6 Å². The van der Waals surface area contributed by atoms with Crippen molar-refractivity contribution in [3.8, 4) is 5.88 Å². The molecule has 1 spiro atoms. The summed E-state index contributed by atoms with van der Waals surface area (Å²) in [5.74, 6) is 1.72. The van der Waals surface area contributed by atoms with E-state index in [0.717, 1.165) is 36.6 Å². The lowest BCUT2D eigenvalue weighted by Gasteiger charge is -2.60. The van der Waals surface area contributed by atoms with Gasteiger partial charge in [-0.2, -0.15) is 0 Å². The number of pyridine rings is 1. The summed E-state index contributed by atoms with van der Waals surface area (Å²) in [4.78, 5) is 19.2. The number of amides is 1. The molecule has 148 valence electrons. The van der Waals surface area contributed by atoms with Gasteiger partial charge in [0.05, 0.1) is 11.7 Å². The molecule has 5 nitrogen and oxygen atoms in total. The van der Waals surface area contributed by atoms with Crippen molar-refractivity contribution in [1.82, 2.24) is 9.88 Å². The number of aromatic nitrogens is 1. The first-order valence-corrected chi connectivity index (χ1v) is 10.3. The van der Waals surface area contributed by atoms with E-state index >= 15 is 0 Å². The lowest BCUT2D eigenvalue weighted by molar-refractivity contribution is -0.171. The minimum absolute atomic E-state index is 0.0457. The largest absolute Gasteiger partial charge is 0.475 e. The summed E-state index contributed by atoms with van der Waals surface area (Å²) >= 11 is 0. The fourth-order valence-corrected chi connectivity index (χ4v) is 5.22. The molecule has 1 aromatic rings. The molecule has 2 aliphatic carbocycles. The Morgan fingerprint density at radius 3 is 2.56 bits per heavy atom. The normalized spacial score (nSPS) is 29.3. The monoisotopic (exact) mass is 372 g/mol. The molecule has 5 heteroatoms. The summed E-state index contributed by atoms with van der Waals surface area (Å²) in [7, 11) is 0. The second-order valence-electron chi connectivity index (χ2n) is 9.87. The van der Waals surface area contributed by atoms with E-state index in [2.05, 4.69) is 12.1 Å². The van der Waals surface area contributed by atoms with Gasteiger partial charge in [-0.3, -0.25) is 4.79 Å². The Morgan fingerprint density at radius 2 is 1.96 bits per heavy atom. The minimum Gasteiger partial charge on any atom is -0.475 e. The van der Waals surface area contributed by atoms with Crippen molar-refractivity contribution >= 4 is 5.91 Å². The topological polar surface area (TPSA) is 62.7 Å². The zero-order valence-electron chi connectivity index (χ0n) is 17.0. The third-order valence-electron chi connectivity index (χ3n) is 6.48. The number of hydrogen-bond acceptors (Lipinski definition) is 4. The Kier molecular flexibility index (Phi) is 4.49. The number of carbonyl (C=O) groups is 1. The zero-order chi connectivity index (χ0) is 19.4. The van der Waals surface area contributed by atoms with E-state index in [0.29, 0.717) is 24.2 Å². The number of likely N-dealkylation sites (tertiary alicyclic amines) is 1. The summed E-state index contributed by atoms with van der Waals surface area (Å²) in [5.41, 5.74) is 1.93.